The standard InChI is InChI=1S/C10H22N2O2/c1-5-6-12-10(3,7-9(11)13)8(2)14-4/h8,12H,5-7H2,1-4H3,(H2,11,13). The highest BCUT2D eigenvalue weighted by Gasteiger charge is 2.32. The van der Waals surface area contributed by atoms with E-state index in [2.05, 4.69) is 12.2 Å². The fourth-order valence-corrected chi connectivity index (χ4v) is 1.38. The van der Waals surface area contributed by atoms with Gasteiger partial charge >= 0.3 is 0 Å². The minimum atomic E-state index is -0.364. The van der Waals surface area contributed by atoms with E-state index >= 15 is 0 Å². The predicted octanol–water partition coefficient (Wildman–Crippen LogP) is 0.655. The Morgan fingerprint density at radius 2 is 2.21 bits per heavy atom. The molecule has 4 nitrogen and oxygen atoms in total. The van der Waals surface area contributed by atoms with E-state index in [-0.39, 0.29) is 17.6 Å². The summed E-state index contributed by atoms with van der Waals surface area (Å²) in [6, 6.07) is 0. The summed E-state index contributed by atoms with van der Waals surface area (Å²) < 4.78 is 5.24. The molecule has 2 unspecified atom stereocenters. The van der Waals surface area contributed by atoms with Crippen molar-refractivity contribution in [2.24, 2.45) is 5.73 Å². The zero-order valence-corrected chi connectivity index (χ0v) is 9.59. The highest BCUT2D eigenvalue weighted by atomic mass is 16.5. The Hall–Kier alpha value is -0.610. The summed E-state index contributed by atoms with van der Waals surface area (Å²) in [4.78, 5) is 10.9. The summed E-state index contributed by atoms with van der Waals surface area (Å²) in [5, 5.41) is 3.30. The number of hydrogen-bond acceptors (Lipinski definition) is 3. The van der Waals surface area contributed by atoms with Crippen LogP contribution >= 0.6 is 0 Å². The molecule has 0 bridgehead atoms. The van der Waals surface area contributed by atoms with Crippen LogP contribution in [0.25, 0.3) is 0 Å². The molecule has 4 heteroatoms. The lowest BCUT2D eigenvalue weighted by Gasteiger charge is -2.35. The van der Waals surface area contributed by atoms with E-state index in [1.165, 1.54) is 0 Å². The fourth-order valence-electron chi connectivity index (χ4n) is 1.38. The zero-order valence-electron chi connectivity index (χ0n) is 9.59. The van der Waals surface area contributed by atoms with E-state index < -0.39 is 0 Å². The molecule has 0 aromatic heterocycles. The number of primary amides is 1. The summed E-state index contributed by atoms with van der Waals surface area (Å²) in [5.41, 5.74) is 4.84. The van der Waals surface area contributed by atoms with E-state index in [1.807, 2.05) is 13.8 Å². The van der Waals surface area contributed by atoms with Crippen LogP contribution in [0.2, 0.25) is 0 Å². The second kappa shape index (κ2) is 5.98. The van der Waals surface area contributed by atoms with Gasteiger partial charge < -0.3 is 15.8 Å². The zero-order chi connectivity index (χ0) is 11.2. The number of carbonyl (C=O) groups excluding carboxylic acids is 1. The lowest BCUT2D eigenvalue weighted by molar-refractivity contribution is -0.120. The Morgan fingerprint density at radius 3 is 2.57 bits per heavy atom. The molecule has 0 saturated heterocycles. The number of ether oxygens (including phenoxy) is 1. The van der Waals surface area contributed by atoms with E-state index in [4.69, 9.17) is 10.5 Å². The third-order valence-corrected chi connectivity index (χ3v) is 2.57. The molecule has 0 saturated carbocycles. The van der Waals surface area contributed by atoms with Crippen molar-refractivity contribution in [3.63, 3.8) is 0 Å². The highest BCUT2D eigenvalue weighted by Crippen LogP contribution is 2.17. The van der Waals surface area contributed by atoms with E-state index in [1.54, 1.807) is 7.11 Å². The topological polar surface area (TPSA) is 64.3 Å². The average Bonchev–Trinajstić information content (AvgIpc) is 2.12. The first kappa shape index (κ1) is 13.4. The minimum Gasteiger partial charge on any atom is -0.380 e. The van der Waals surface area contributed by atoms with Gasteiger partial charge in [0.1, 0.15) is 0 Å². The molecule has 0 aromatic carbocycles. The molecule has 84 valence electrons. The predicted molar refractivity (Wildman–Crippen MR) is 57.0 cm³/mol. The van der Waals surface area contributed by atoms with Gasteiger partial charge in [0.05, 0.1) is 11.6 Å². The lowest BCUT2D eigenvalue weighted by atomic mass is 9.91. The van der Waals surface area contributed by atoms with Gasteiger partial charge in [0.2, 0.25) is 5.91 Å². The SMILES string of the molecule is CCCNC(C)(CC(N)=O)C(C)OC. The Balaban J connectivity index is 4.39. The Morgan fingerprint density at radius 1 is 1.64 bits per heavy atom. The van der Waals surface area contributed by atoms with E-state index in [0.29, 0.717) is 6.42 Å². The number of hydrogen-bond donors (Lipinski definition) is 2. The van der Waals surface area contributed by atoms with Crippen LogP contribution < -0.4 is 11.1 Å². The van der Waals surface area contributed by atoms with Gasteiger partial charge in [-0.15, -0.1) is 0 Å². The van der Waals surface area contributed by atoms with Gasteiger partial charge in [-0.25, -0.2) is 0 Å². The molecule has 0 aliphatic rings. The van der Waals surface area contributed by atoms with Gasteiger partial charge in [-0.05, 0) is 26.8 Å². The van der Waals surface area contributed by atoms with Crippen molar-refractivity contribution >= 4 is 5.91 Å². The second-order valence-electron chi connectivity index (χ2n) is 3.87. The third kappa shape index (κ3) is 4.07. The van der Waals surface area contributed by atoms with Crippen LogP contribution in [0.5, 0.6) is 0 Å². The maximum Gasteiger partial charge on any atom is 0.219 e. The number of methoxy groups -OCH3 is 1. The Bertz CT molecular complexity index is 185. The summed E-state index contributed by atoms with van der Waals surface area (Å²) in [6.07, 6.45) is 1.27. The van der Waals surface area contributed by atoms with Crippen LogP contribution in [-0.4, -0.2) is 31.2 Å². The summed E-state index contributed by atoms with van der Waals surface area (Å²) in [5.74, 6) is -0.306. The van der Waals surface area contributed by atoms with E-state index in [9.17, 15) is 4.79 Å². The van der Waals surface area contributed by atoms with Crippen LogP contribution in [0, 0.1) is 0 Å². The fraction of sp³-hybridized carbons (Fsp3) is 0.900. The molecule has 0 rings (SSSR count). The maximum absolute atomic E-state index is 10.9. The Kier molecular flexibility index (Phi) is 5.72. The molecule has 0 heterocycles. The first-order valence-corrected chi connectivity index (χ1v) is 5.02. The number of nitrogens with two attached hydrogens (primary N) is 1. The summed E-state index contributed by atoms with van der Waals surface area (Å²) >= 11 is 0. The first-order chi connectivity index (χ1) is 6.46. The summed E-state index contributed by atoms with van der Waals surface area (Å²) in [6.45, 7) is 6.83. The van der Waals surface area contributed by atoms with Crippen molar-refractivity contribution in [3.8, 4) is 0 Å². The largest absolute Gasteiger partial charge is 0.380 e. The number of nitrogens with one attached hydrogen (secondary N) is 1. The minimum absolute atomic E-state index is 0.0402. The molecule has 0 fully saturated rings. The summed E-state index contributed by atoms with van der Waals surface area (Å²) in [7, 11) is 1.64. The van der Waals surface area contributed by atoms with Gasteiger partial charge in [0, 0.05) is 13.5 Å². The molecule has 3 N–H and O–H groups in total. The monoisotopic (exact) mass is 202 g/mol. The molecule has 14 heavy (non-hydrogen) atoms. The number of carbonyl (C=O) groups is 1. The van der Waals surface area contributed by atoms with Crippen LogP contribution in [0.15, 0.2) is 0 Å². The average molecular weight is 202 g/mol. The van der Waals surface area contributed by atoms with Gasteiger partial charge in [-0.2, -0.15) is 0 Å². The smallest absolute Gasteiger partial charge is 0.219 e. The molecular weight excluding hydrogens is 180 g/mol. The molecular formula is C10H22N2O2. The van der Waals surface area contributed by atoms with Crippen molar-refractivity contribution in [3.05, 3.63) is 0 Å². The van der Waals surface area contributed by atoms with Gasteiger partial charge in [0.25, 0.3) is 0 Å². The number of rotatable bonds is 7. The van der Waals surface area contributed by atoms with Crippen molar-refractivity contribution in [2.45, 2.75) is 45.3 Å². The molecule has 1 amide bonds. The van der Waals surface area contributed by atoms with Crippen LogP contribution in [0.1, 0.15) is 33.6 Å². The highest BCUT2D eigenvalue weighted by molar-refractivity contribution is 5.75. The molecule has 0 aliphatic carbocycles. The van der Waals surface area contributed by atoms with Crippen LogP contribution in [0.3, 0.4) is 0 Å². The maximum atomic E-state index is 10.9. The molecule has 0 aromatic rings. The van der Waals surface area contributed by atoms with E-state index in [0.717, 1.165) is 13.0 Å². The second-order valence-corrected chi connectivity index (χ2v) is 3.87. The molecule has 0 aliphatic heterocycles. The Labute approximate surface area is 86.2 Å². The number of amides is 1. The first-order valence-electron chi connectivity index (χ1n) is 5.02. The van der Waals surface area contributed by atoms with Crippen molar-refractivity contribution < 1.29 is 9.53 Å². The van der Waals surface area contributed by atoms with Crippen LogP contribution in [-0.2, 0) is 9.53 Å². The molecule has 2 atom stereocenters. The van der Waals surface area contributed by atoms with Gasteiger partial charge in [-0.3, -0.25) is 4.79 Å². The normalized spacial score (nSPS) is 17.4. The molecule has 0 spiro atoms. The molecule has 0 radical (unpaired) electrons. The van der Waals surface area contributed by atoms with Crippen molar-refractivity contribution in [2.75, 3.05) is 13.7 Å². The van der Waals surface area contributed by atoms with Crippen LogP contribution in [0.4, 0.5) is 0 Å². The van der Waals surface area contributed by atoms with Crippen molar-refractivity contribution in [1.29, 1.82) is 0 Å². The van der Waals surface area contributed by atoms with Gasteiger partial charge in [-0.1, -0.05) is 6.92 Å². The lowest BCUT2D eigenvalue weighted by Crippen LogP contribution is -2.54. The quantitative estimate of drug-likeness (QED) is 0.637. The third-order valence-electron chi connectivity index (χ3n) is 2.57. The van der Waals surface area contributed by atoms with Gasteiger partial charge in [0.15, 0.2) is 0 Å². The van der Waals surface area contributed by atoms with Crippen molar-refractivity contribution in [1.82, 2.24) is 5.32 Å².